The second kappa shape index (κ2) is 12.6. The number of Topliss-reactive ketones (excluding diaryl/α,β-unsaturated/α-hetero) is 2. The normalized spacial score (nSPS) is 26.2. The van der Waals surface area contributed by atoms with E-state index in [1.807, 2.05) is 33.8 Å². The van der Waals surface area contributed by atoms with E-state index < -0.39 is 11.2 Å². The van der Waals surface area contributed by atoms with E-state index in [2.05, 4.69) is 13.5 Å². The van der Waals surface area contributed by atoms with Crippen LogP contribution in [0.2, 0.25) is 0 Å². The van der Waals surface area contributed by atoms with Crippen LogP contribution >= 0.6 is 0 Å². The highest BCUT2D eigenvalue weighted by molar-refractivity contribution is 5.87. The molecule has 2 aliphatic rings. The number of carbonyl (C=O) groups is 2. The number of carbonyl (C=O) groups excluding carboxylic acids is 2. The van der Waals surface area contributed by atoms with Crippen LogP contribution in [0, 0.1) is 17.3 Å². The van der Waals surface area contributed by atoms with Crippen LogP contribution in [-0.4, -0.2) is 49.1 Å². The lowest BCUT2D eigenvalue weighted by Crippen LogP contribution is -2.52. The summed E-state index contributed by atoms with van der Waals surface area (Å²) < 4.78 is 24.3. The molecule has 2 rings (SSSR count). The van der Waals surface area contributed by atoms with Crippen LogP contribution in [0.1, 0.15) is 92.9 Å². The molecule has 0 saturated carbocycles. The smallest absolute Gasteiger partial charge is 0.163 e. The van der Waals surface area contributed by atoms with Gasteiger partial charge in [0.2, 0.25) is 0 Å². The van der Waals surface area contributed by atoms with Crippen LogP contribution < -0.4 is 0 Å². The molecule has 0 aromatic rings. The van der Waals surface area contributed by atoms with Gasteiger partial charge in [-0.1, -0.05) is 26.8 Å². The molecule has 2 unspecified atom stereocenters. The number of hydrogen-bond acceptors (Lipinski definition) is 6. The zero-order valence-corrected chi connectivity index (χ0v) is 21.7. The topological polar surface area (TPSA) is 71.1 Å². The molecule has 2 saturated heterocycles. The van der Waals surface area contributed by atoms with Gasteiger partial charge < -0.3 is 23.7 Å². The van der Waals surface area contributed by atoms with Crippen molar-refractivity contribution in [2.24, 2.45) is 17.3 Å². The lowest BCUT2D eigenvalue weighted by molar-refractivity contribution is -0.289. The summed E-state index contributed by atoms with van der Waals surface area (Å²) in [7, 11) is 0. The average molecular weight is 467 g/mol. The van der Waals surface area contributed by atoms with Crippen molar-refractivity contribution >= 4 is 11.6 Å². The van der Waals surface area contributed by atoms with Crippen molar-refractivity contribution < 1.29 is 28.5 Å². The molecule has 190 valence electrons. The fourth-order valence-corrected chi connectivity index (χ4v) is 5.02. The third-order valence-corrected chi connectivity index (χ3v) is 7.05. The summed E-state index contributed by atoms with van der Waals surface area (Å²) in [5.41, 5.74) is -0.705. The molecule has 0 aliphatic carbocycles. The molecule has 2 fully saturated rings. The number of ether oxygens (including phenoxy) is 4. The Morgan fingerprint density at radius 1 is 1.21 bits per heavy atom. The number of rotatable bonds is 13. The zero-order chi connectivity index (χ0) is 24.6. The van der Waals surface area contributed by atoms with Gasteiger partial charge in [-0.2, -0.15) is 0 Å². The standard InChI is InChI=1S/C27H46O6/c1-8-12-21(25(29)26(4,5)22-16-18-31-27(6,7)33-22)24(19(2)13-11-14-20(3)28)32-23-15-9-10-17-30-23/h8,19,21-24H,1,9-18H2,2-7H3/t19-,21?,22+,23?,24-/m0/s1. The lowest BCUT2D eigenvalue weighted by Gasteiger charge is -2.45. The van der Waals surface area contributed by atoms with Crippen molar-refractivity contribution in [2.45, 2.75) is 117 Å². The van der Waals surface area contributed by atoms with Crippen molar-refractivity contribution in [1.29, 1.82) is 0 Å². The van der Waals surface area contributed by atoms with Gasteiger partial charge in [0.15, 0.2) is 12.1 Å². The highest BCUT2D eigenvalue weighted by Gasteiger charge is 2.47. The largest absolute Gasteiger partial charge is 0.353 e. The zero-order valence-electron chi connectivity index (χ0n) is 21.7. The van der Waals surface area contributed by atoms with Gasteiger partial charge in [0.1, 0.15) is 11.6 Å². The minimum atomic E-state index is -0.708. The van der Waals surface area contributed by atoms with Gasteiger partial charge in [-0.3, -0.25) is 4.79 Å². The Morgan fingerprint density at radius 3 is 2.52 bits per heavy atom. The Balaban J connectivity index is 2.26. The maximum Gasteiger partial charge on any atom is 0.163 e. The molecule has 0 spiro atoms. The van der Waals surface area contributed by atoms with E-state index in [9.17, 15) is 9.59 Å². The highest BCUT2D eigenvalue weighted by atomic mass is 16.7. The molecule has 0 bridgehead atoms. The maximum absolute atomic E-state index is 14.1. The first kappa shape index (κ1) is 28.2. The first-order valence-electron chi connectivity index (χ1n) is 12.7. The average Bonchev–Trinajstić information content (AvgIpc) is 2.75. The molecule has 0 aromatic heterocycles. The fourth-order valence-electron chi connectivity index (χ4n) is 5.02. The lowest BCUT2D eigenvalue weighted by atomic mass is 9.71. The third-order valence-electron chi connectivity index (χ3n) is 7.05. The van der Waals surface area contributed by atoms with Crippen LogP contribution in [0.25, 0.3) is 0 Å². The van der Waals surface area contributed by atoms with Gasteiger partial charge in [0, 0.05) is 18.9 Å². The minimum absolute atomic E-state index is 0.103. The quantitative estimate of drug-likeness (QED) is 0.328. The van der Waals surface area contributed by atoms with E-state index in [1.54, 1.807) is 6.92 Å². The monoisotopic (exact) mass is 466 g/mol. The van der Waals surface area contributed by atoms with Crippen LogP contribution in [0.15, 0.2) is 12.7 Å². The van der Waals surface area contributed by atoms with Gasteiger partial charge in [-0.15, -0.1) is 6.58 Å². The van der Waals surface area contributed by atoms with E-state index in [4.69, 9.17) is 18.9 Å². The predicted molar refractivity (Wildman–Crippen MR) is 129 cm³/mol. The molecule has 2 heterocycles. The molecule has 2 aliphatic heterocycles. The second-order valence-corrected chi connectivity index (χ2v) is 10.8. The summed E-state index contributed by atoms with van der Waals surface area (Å²) in [5.74, 6) is -0.643. The minimum Gasteiger partial charge on any atom is -0.353 e. The Labute approximate surface area is 200 Å². The fraction of sp³-hybridized carbons (Fsp3) is 0.852. The third kappa shape index (κ3) is 8.27. The molecular weight excluding hydrogens is 420 g/mol. The Hall–Kier alpha value is -1.08. The van der Waals surface area contributed by atoms with Crippen molar-refractivity contribution in [1.82, 2.24) is 0 Å². The molecule has 6 heteroatoms. The second-order valence-electron chi connectivity index (χ2n) is 10.8. The summed E-state index contributed by atoms with van der Waals surface area (Å²) in [6.07, 6.45) is 7.28. The van der Waals surface area contributed by atoms with Gasteiger partial charge >= 0.3 is 0 Å². The molecule has 6 nitrogen and oxygen atoms in total. The Kier molecular flexibility index (Phi) is 10.7. The molecule has 0 amide bonds. The van der Waals surface area contributed by atoms with Crippen molar-refractivity contribution in [3.05, 3.63) is 12.7 Å². The first-order chi connectivity index (χ1) is 15.5. The Morgan fingerprint density at radius 2 is 1.94 bits per heavy atom. The number of ketones is 2. The van der Waals surface area contributed by atoms with Gasteiger partial charge in [-0.25, -0.2) is 0 Å². The van der Waals surface area contributed by atoms with Crippen molar-refractivity contribution in [3.8, 4) is 0 Å². The van der Waals surface area contributed by atoms with Crippen LogP contribution in [0.4, 0.5) is 0 Å². The first-order valence-corrected chi connectivity index (χ1v) is 12.7. The molecule has 0 aromatic carbocycles. The van der Waals surface area contributed by atoms with E-state index in [1.165, 1.54) is 0 Å². The molecule has 33 heavy (non-hydrogen) atoms. The van der Waals surface area contributed by atoms with Crippen LogP contribution in [0.5, 0.6) is 0 Å². The van der Waals surface area contributed by atoms with Gasteiger partial charge in [0.25, 0.3) is 0 Å². The summed E-state index contributed by atoms with van der Waals surface area (Å²) in [5, 5.41) is 0. The van der Waals surface area contributed by atoms with Crippen molar-refractivity contribution in [3.63, 3.8) is 0 Å². The molecule has 5 atom stereocenters. The predicted octanol–water partition coefficient (Wildman–Crippen LogP) is 5.62. The van der Waals surface area contributed by atoms with Gasteiger partial charge in [0.05, 0.1) is 24.2 Å². The summed E-state index contributed by atoms with van der Waals surface area (Å²) in [6, 6.07) is 0. The number of hydrogen-bond donors (Lipinski definition) is 0. The number of allylic oxidation sites excluding steroid dienone is 1. The van der Waals surface area contributed by atoms with E-state index in [-0.39, 0.29) is 41.9 Å². The van der Waals surface area contributed by atoms with E-state index in [0.29, 0.717) is 32.5 Å². The Bertz CT molecular complexity index is 649. The molecule has 0 N–H and O–H groups in total. The van der Waals surface area contributed by atoms with Gasteiger partial charge in [-0.05, 0) is 71.6 Å². The van der Waals surface area contributed by atoms with E-state index >= 15 is 0 Å². The summed E-state index contributed by atoms with van der Waals surface area (Å²) >= 11 is 0. The maximum atomic E-state index is 14.1. The molecular formula is C27H46O6. The van der Waals surface area contributed by atoms with Crippen LogP contribution in [0.3, 0.4) is 0 Å². The summed E-state index contributed by atoms with van der Waals surface area (Å²) in [4.78, 5) is 25.6. The summed E-state index contributed by atoms with van der Waals surface area (Å²) in [6.45, 7) is 16.7. The van der Waals surface area contributed by atoms with Crippen LogP contribution in [-0.2, 0) is 28.5 Å². The SMILES string of the molecule is C=CCC(C(=O)C(C)(C)[C@H]1CCOC(C)(C)O1)[C@@H](OC1CCCCO1)[C@@H](C)CCCC(C)=O. The van der Waals surface area contributed by atoms with Crippen molar-refractivity contribution in [2.75, 3.05) is 13.2 Å². The highest BCUT2D eigenvalue weighted by Crippen LogP contribution is 2.39. The van der Waals surface area contributed by atoms with E-state index in [0.717, 1.165) is 32.1 Å². The molecule has 0 radical (unpaired) electrons.